The number of hydrogen-bond acceptors (Lipinski definition) is 2. The van der Waals surface area contributed by atoms with Gasteiger partial charge in [-0.05, 0) is 40.2 Å². The number of likely N-dealkylation sites (N-methyl/N-ethyl adjacent to an activating group) is 1. The van der Waals surface area contributed by atoms with Crippen molar-refractivity contribution in [3.63, 3.8) is 0 Å². The van der Waals surface area contributed by atoms with Crippen LogP contribution in [0.15, 0.2) is 0 Å². The lowest BCUT2D eigenvalue weighted by Gasteiger charge is -2.25. The average molecular weight is 255 g/mol. The highest BCUT2D eigenvalue weighted by Crippen LogP contribution is 2.22. The number of rotatable bonds is 7. The zero-order valence-corrected chi connectivity index (χ0v) is 11.2. The van der Waals surface area contributed by atoms with E-state index in [0.717, 1.165) is 6.54 Å². The molecule has 0 aromatic rings. The molecule has 1 unspecified atom stereocenters. The molecule has 0 heterocycles. The molecule has 0 rings (SSSR count). The van der Waals surface area contributed by atoms with Crippen LogP contribution in [0.25, 0.3) is 0 Å². The second-order valence-corrected chi connectivity index (χ2v) is 5.19. The van der Waals surface area contributed by atoms with E-state index < -0.39 is 12.6 Å². The summed E-state index contributed by atoms with van der Waals surface area (Å²) in [5.41, 5.74) is -0.252. The molecule has 1 N–H and O–H groups in total. The van der Waals surface area contributed by atoms with E-state index in [1.807, 2.05) is 27.7 Å². The van der Waals surface area contributed by atoms with Crippen LogP contribution in [0, 0.1) is 0 Å². The van der Waals surface area contributed by atoms with Gasteiger partial charge in [-0.15, -0.1) is 0 Å². The van der Waals surface area contributed by atoms with Gasteiger partial charge < -0.3 is 10.1 Å². The molecular formula is C12H24F3NO. The maximum absolute atomic E-state index is 12.0. The topological polar surface area (TPSA) is 21.3 Å². The fraction of sp³-hybridized carbons (Fsp3) is 1.00. The minimum Gasteiger partial charge on any atom is -0.374 e. The molecule has 0 saturated carbocycles. The van der Waals surface area contributed by atoms with Gasteiger partial charge in [0.2, 0.25) is 0 Å². The molecule has 0 saturated heterocycles. The Morgan fingerprint density at radius 3 is 2.18 bits per heavy atom. The van der Waals surface area contributed by atoms with E-state index in [2.05, 4.69) is 5.32 Å². The van der Waals surface area contributed by atoms with Crippen LogP contribution in [0.3, 0.4) is 0 Å². The zero-order chi connectivity index (χ0) is 13.5. The van der Waals surface area contributed by atoms with Crippen molar-refractivity contribution in [3.8, 4) is 0 Å². The number of ether oxygens (including phenoxy) is 1. The summed E-state index contributed by atoms with van der Waals surface area (Å²) in [7, 11) is 0. The highest BCUT2D eigenvalue weighted by Gasteiger charge is 2.26. The molecule has 1 atom stereocenters. The summed E-state index contributed by atoms with van der Waals surface area (Å²) in [6.45, 7) is 8.94. The third-order valence-corrected chi connectivity index (χ3v) is 2.22. The van der Waals surface area contributed by atoms with Gasteiger partial charge in [-0.1, -0.05) is 6.92 Å². The molecule has 0 radical (unpaired) electrons. The summed E-state index contributed by atoms with van der Waals surface area (Å²) < 4.78 is 41.6. The van der Waals surface area contributed by atoms with Crippen LogP contribution >= 0.6 is 0 Å². The molecule has 0 bridgehead atoms. The quantitative estimate of drug-likeness (QED) is 0.751. The lowest BCUT2D eigenvalue weighted by molar-refractivity contribution is -0.136. The number of alkyl halides is 3. The van der Waals surface area contributed by atoms with Crippen LogP contribution in [0.2, 0.25) is 0 Å². The zero-order valence-electron chi connectivity index (χ0n) is 11.2. The average Bonchev–Trinajstić information content (AvgIpc) is 2.11. The minimum atomic E-state index is -4.05. The van der Waals surface area contributed by atoms with Gasteiger partial charge in [0.15, 0.2) is 0 Å². The van der Waals surface area contributed by atoms with E-state index in [1.54, 1.807) is 0 Å². The molecule has 0 amide bonds. The molecule has 0 fully saturated rings. The first-order valence-corrected chi connectivity index (χ1v) is 6.08. The molecule has 0 spiro atoms. The Labute approximate surface area is 102 Å². The van der Waals surface area contributed by atoms with Crippen LogP contribution in [-0.2, 0) is 4.74 Å². The van der Waals surface area contributed by atoms with Gasteiger partial charge in [0.05, 0.1) is 12.2 Å². The van der Waals surface area contributed by atoms with Crippen molar-refractivity contribution in [2.24, 2.45) is 0 Å². The van der Waals surface area contributed by atoms with Crippen LogP contribution in [0.1, 0.15) is 47.0 Å². The minimum absolute atomic E-state index is 0.00146. The van der Waals surface area contributed by atoms with Crippen LogP contribution in [-0.4, -0.2) is 31.0 Å². The largest absolute Gasteiger partial charge is 0.389 e. The third-order valence-electron chi connectivity index (χ3n) is 2.22. The monoisotopic (exact) mass is 255 g/mol. The van der Waals surface area contributed by atoms with Gasteiger partial charge in [-0.3, -0.25) is 0 Å². The van der Waals surface area contributed by atoms with E-state index in [9.17, 15) is 13.2 Å². The number of nitrogens with one attached hydrogen (secondary N) is 1. The van der Waals surface area contributed by atoms with Gasteiger partial charge >= 0.3 is 6.18 Å². The normalized spacial score (nSPS) is 15.0. The van der Waals surface area contributed by atoms with Crippen molar-refractivity contribution in [1.82, 2.24) is 5.32 Å². The van der Waals surface area contributed by atoms with Crippen LogP contribution < -0.4 is 5.32 Å². The third kappa shape index (κ3) is 12.0. The Morgan fingerprint density at radius 1 is 1.18 bits per heavy atom. The first-order chi connectivity index (χ1) is 7.64. The van der Waals surface area contributed by atoms with E-state index in [-0.39, 0.29) is 18.1 Å². The molecule has 0 aliphatic heterocycles. The molecule has 5 heteroatoms. The predicted molar refractivity (Wildman–Crippen MR) is 63.1 cm³/mol. The molecule has 0 aromatic heterocycles. The van der Waals surface area contributed by atoms with Gasteiger partial charge in [0.25, 0.3) is 0 Å². The van der Waals surface area contributed by atoms with E-state index >= 15 is 0 Å². The van der Waals surface area contributed by atoms with E-state index in [0.29, 0.717) is 13.0 Å². The molecular weight excluding hydrogens is 231 g/mol. The Bertz CT molecular complexity index is 199. The molecule has 2 nitrogen and oxygen atoms in total. The van der Waals surface area contributed by atoms with Gasteiger partial charge in [-0.25, -0.2) is 0 Å². The second kappa shape index (κ2) is 7.21. The van der Waals surface area contributed by atoms with Crippen molar-refractivity contribution < 1.29 is 17.9 Å². The van der Waals surface area contributed by atoms with Crippen molar-refractivity contribution >= 4 is 0 Å². The van der Waals surface area contributed by atoms with Crippen LogP contribution in [0.5, 0.6) is 0 Å². The summed E-state index contributed by atoms with van der Waals surface area (Å²) in [6.07, 6.45) is -4.13. The Balaban J connectivity index is 3.90. The van der Waals surface area contributed by atoms with Gasteiger partial charge in [0, 0.05) is 12.5 Å². The molecule has 0 aliphatic carbocycles. The smallest absolute Gasteiger partial charge is 0.374 e. The maximum Gasteiger partial charge on any atom is 0.389 e. The first kappa shape index (κ1) is 16.7. The fourth-order valence-corrected chi connectivity index (χ4v) is 1.43. The summed E-state index contributed by atoms with van der Waals surface area (Å²) in [4.78, 5) is 0. The van der Waals surface area contributed by atoms with Crippen molar-refractivity contribution in [2.75, 3.05) is 13.2 Å². The molecule has 0 aromatic carbocycles. The van der Waals surface area contributed by atoms with Gasteiger partial charge in [-0.2, -0.15) is 13.2 Å². The first-order valence-electron chi connectivity index (χ1n) is 6.08. The maximum atomic E-state index is 12.0. The SMILES string of the molecule is CCNC(CCCC(F)(F)F)COC(C)(C)C. The number of hydrogen-bond donors (Lipinski definition) is 1. The second-order valence-electron chi connectivity index (χ2n) is 5.19. The fourth-order valence-electron chi connectivity index (χ4n) is 1.43. The molecule has 17 heavy (non-hydrogen) atoms. The lowest BCUT2D eigenvalue weighted by Crippen LogP contribution is -2.36. The highest BCUT2D eigenvalue weighted by molar-refractivity contribution is 4.69. The number of halogens is 3. The van der Waals surface area contributed by atoms with Crippen molar-refractivity contribution in [1.29, 1.82) is 0 Å². The predicted octanol–water partition coefficient (Wildman–Crippen LogP) is 3.51. The summed E-state index contributed by atoms with van der Waals surface area (Å²) >= 11 is 0. The Kier molecular flexibility index (Phi) is 7.09. The van der Waals surface area contributed by atoms with Crippen LogP contribution in [0.4, 0.5) is 13.2 Å². The summed E-state index contributed by atoms with van der Waals surface area (Å²) in [6, 6.07) is 0.00146. The Morgan fingerprint density at radius 2 is 1.76 bits per heavy atom. The molecule has 0 aliphatic rings. The lowest BCUT2D eigenvalue weighted by atomic mass is 10.1. The standard InChI is InChI=1S/C12H24F3NO/c1-5-16-10(9-17-11(2,3)4)7-6-8-12(13,14)15/h10,16H,5-9H2,1-4H3. The highest BCUT2D eigenvalue weighted by atomic mass is 19.4. The van der Waals surface area contributed by atoms with E-state index in [1.165, 1.54) is 0 Å². The Hall–Kier alpha value is -0.290. The van der Waals surface area contributed by atoms with Gasteiger partial charge in [0.1, 0.15) is 0 Å². The van der Waals surface area contributed by atoms with E-state index in [4.69, 9.17) is 4.74 Å². The summed E-state index contributed by atoms with van der Waals surface area (Å²) in [5, 5.41) is 3.15. The molecule has 104 valence electrons. The van der Waals surface area contributed by atoms with Crippen molar-refractivity contribution in [3.05, 3.63) is 0 Å². The summed E-state index contributed by atoms with van der Waals surface area (Å²) in [5.74, 6) is 0. The van der Waals surface area contributed by atoms with Crippen molar-refractivity contribution in [2.45, 2.75) is 64.8 Å².